The fourth-order valence-corrected chi connectivity index (χ4v) is 16.6. The van der Waals surface area contributed by atoms with Gasteiger partial charge in [-0.2, -0.15) is 0 Å². The van der Waals surface area contributed by atoms with Crippen molar-refractivity contribution in [3.05, 3.63) is 157 Å². The lowest BCUT2D eigenvalue weighted by molar-refractivity contribution is -0.165. The van der Waals surface area contributed by atoms with Crippen LogP contribution in [0, 0.1) is 6.57 Å². The Bertz CT molecular complexity index is 4280. The summed E-state index contributed by atoms with van der Waals surface area (Å²) in [5.41, 5.74) is 5.18. The van der Waals surface area contributed by atoms with E-state index in [1.807, 2.05) is 90.0 Å². The minimum absolute atomic E-state index is 0.0328. The molecule has 0 radical (unpaired) electrons. The number of nitrogens with one attached hydrogen (secondary N) is 5. The molecule has 129 heavy (non-hydrogen) atoms. The van der Waals surface area contributed by atoms with Crippen molar-refractivity contribution in [2.75, 3.05) is 26.0 Å². The molecule has 10 aliphatic rings. The highest BCUT2D eigenvalue weighted by Crippen LogP contribution is 2.48. The number of rotatable bonds is 34. The maximum absolute atomic E-state index is 12.2. The summed E-state index contributed by atoms with van der Waals surface area (Å²) in [4.78, 5) is 90.8. The Labute approximate surface area is 754 Å². The minimum atomic E-state index is -3.95. The van der Waals surface area contributed by atoms with Crippen molar-refractivity contribution < 1.29 is 139 Å². The molecular weight excluding hydrogens is 1730 g/mol. The molecule has 7 unspecified atom stereocenters. The zero-order valence-corrected chi connectivity index (χ0v) is 78.9. The van der Waals surface area contributed by atoms with E-state index in [1.54, 1.807) is 66.5 Å². The summed E-state index contributed by atoms with van der Waals surface area (Å²) in [5, 5.41) is 70.4. The van der Waals surface area contributed by atoms with Crippen molar-refractivity contribution >= 4 is 44.7 Å². The van der Waals surface area contributed by atoms with Gasteiger partial charge in [0.1, 0.15) is 95.7 Å². The van der Waals surface area contributed by atoms with Crippen LogP contribution in [0.1, 0.15) is 152 Å². The van der Waals surface area contributed by atoms with Crippen LogP contribution in [0.2, 0.25) is 0 Å². The van der Waals surface area contributed by atoms with Gasteiger partial charge in [-0.3, -0.25) is 42.7 Å². The van der Waals surface area contributed by atoms with Gasteiger partial charge < -0.3 is 152 Å². The number of amides is 5. The quantitative estimate of drug-likeness (QED) is 0.0114. The Hall–Kier alpha value is -8.13. The Morgan fingerprint density at radius 2 is 0.814 bits per heavy atom. The largest absolute Gasteiger partial charge is 0.391 e. The standard InChI is InChI=1S/C17H25N3O5.C17H29N2O7P.C17H27N2O7P.C17H28N2O5.C16H25N5O5/c1-10(2)23-9-17(18-6)15(24-11(3)4)14(22)16(25-17)20-8-7-13(21)19-12(20)5;2*1-10(2)24-16-13(7-9-27(22,23)26-11(3)4)25-17(15(16)21)19-8-6-14(20)18-12(19)5;1-10(2)22-9-17(6)15(23-11(3)4)14(21)16(24-17)19-8-7-13(20)18-12(19)5;1-9(2)24-8-16(19-20-17)14(25-10(3)4)13(23)15(26-16)21-7-6-12(22)18-11(21)5/h7-8,10-11,14-16,22H,5,9H2,1-4H3,(H,19,21);6,8,10-11,13,15-17,21H,5,7,9H2,1-4H3,(H,18,20)(H,22,23);6-11,13,15-17,21H,5H2,1-4H3,(H,18,20)(H,22,23);7-8,10-11,14-16,21H,5,9H2,1-4,6H3,(H,18,20);6-7,9-10,13-15,23H,5,8H2,1-4H3,(H,18,22)/b;;9-7+;;/t14-,15?,16+,17+;2*13-,15+,16?,17-;14-,15?,16+,17+;13-,14?,15+,16+/m01100/s1. The monoisotopic (exact) mass is 1860 g/mol. The Morgan fingerprint density at radius 1 is 0.465 bits per heavy atom. The highest BCUT2D eigenvalue weighted by Gasteiger charge is 2.65. The predicted octanol–water partition coefficient (Wildman–Crippen LogP) is 6.09. The van der Waals surface area contributed by atoms with E-state index < -0.39 is 143 Å². The van der Waals surface area contributed by atoms with Crippen molar-refractivity contribution in [3.63, 3.8) is 0 Å². The van der Waals surface area contributed by atoms with Gasteiger partial charge in [-0.05, 0) is 163 Å². The molecule has 10 heterocycles. The van der Waals surface area contributed by atoms with Crippen LogP contribution in [0.15, 0.2) is 140 Å². The molecular formula is C84H134N14O29P2. The van der Waals surface area contributed by atoms with Crippen molar-refractivity contribution in [2.45, 2.75) is 334 Å². The zero-order valence-electron chi connectivity index (χ0n) is 77.1. The van der Waals surface area contributed by atoms with Crippen LogP contribution in [0.5, 0.6) is 0 Å². The fraction of sp³-hybridized carbons (Fsp3) is 0.667. The Balaban J connectivity index is 0.000000249. The number of aliphatic hydroxyl groups excluding tert-OH is 5. The maximum atomic E-state index is 12.2. The van der Waals surface area contributed by atoms with Crippen LogP contribution in [0.4, 0.5) is 0 Å². The highest BCUT2D eigenvalue weighted by molar-refractivity contribution is 7.56. The van der Waals surface area contributed by atoms with Gasteiger partial charge in [0.05, 0.1) is 86.5 Å². The molecule has 22 atom stereocenters. The van der Waals surface area contributed by atoms with Crippen molar-refractivity contribution in [3.8, 4) is 0 Å². The van der Waals surface area contributed by atoms with Gasteiger partial charge in [0.15, 0.2) is 43.9 Å². The molecule has 0 aromatic heterocycles. The van der Waals surface area contributed by atoms with Crippen molar-refractivity contribution in [1.29, 1.82) is 0 Å². The van der Waals surface area contributed by atoms with Gasteiger partial charge in [-0.1, -0.05) is 38.0 Å². The molecule has 0 spiro atoms. The van der Waals surface area contributed by atoms with E-state index in [1.165, 1.54) is 80.9 Å². The van der Waals surface area contributed by atoms with E-state index in [0.717, 1.165) is 5.82 Å². The van der Waals surface area contributed by atoms with Crippen molar-refractivity contribution in [1.82, 2.24) is 51.1 Å². The number of carbonyl (C=O) groups is 5. The number of aliphatic hydroxyl groups is 5. The van der Waals surface area contributed by atoms with E-state index in [9.17, 15) is 68.4 Å². The summed E-state index contributed by atoms with van der Waals surface area (Å²) in [6.45, 7) is 64.7. The molecule has 0 bridgehead atoms. The third-order valence-corrected chi connectivity index (χ3v) is 22.3. The summed E-state index contributed by atoms with van der Waals surface area (Å²) in [6.07, 6.45) is -1.80. The molecule has 45 heteroatoms. The number of azide groups is 1. The Morgan fingerprint density at radius 3 is 1.21 bits per heavy atom. The first-order valence-electron chi connectivity index (χ1n) is 42.4. The molecule has 10 aliphatic heterocycles. The second-order valence-corrected chi connectivity index (χ2v) is 37.8. The molecule has 10 rings (SSSR count). The van der Waals surface area contributed by atoms with Crippen LogP contribution in [0.25, 0.3) is 15.3 Å². The van der Waals surface area contributed by atoms with Gasteiger partial charge in [0.25, 0.3) is 29.5 Å². The Kier molecular flexibility index (Phi) is 40.8. The number of carbonyl (C=O) groups excluding carboxylic acids is 5. The lowest BCUT2D eigenvalue weighted by atomic mass is 9.97. The lowest BCUT2D eigenvalue weighted by Gasteiger charge is -2.33. The summed E-state index contributed by atoms with van der Waals surface area (Å²) >= 11 is 0. The maximum Gasteiger partial charge on any atom is 0.391 e. The summed E-state index contributed by atoms with van der Waals surface area (Å²) in [7, 11) is -7.73. The molecule has 0 aromatic rings. The van der Waals surface area contributed by atoms with E-state index in [0.29, 0.717) is 5.82 Å². The predicted molar refractivity (Wildman–Crippen MR) is 467 cm³/mol. The van der Waals surface area contributed by atoms with Gasteiger partial charge in [-0.15, -0.1) is 0 Å². The normalized spacial score (nSPS) is 31.9. The summed E-state index contributed by atoms with van der Waals surface area (Å²) in [6, 6.07) is 0. The molecule has 5 saturated heterocycles. The van der Waals surface area contributed by atoms with Crippen LogP contribution in [-0.4, -0.2) is 298 Å². The number of hydrogen-bond donors (Lipinski definition) is 12. The zero-order chi connectivity index (χ0) is 97.0. The van der Waals surface area contributed by atoms with Crippen LogP contribution < -0.4 is 26.6 Å². The summed E-state index contributed by atoms with van der Waals surface area (Å²) in [5.74, 6) is 0.824. The number of nitrogens with zero attached hydrogens (tertiary/aromatic N) is 9. The molecule has 43 nitrogen and oxygen atoms in total. The lowest BCUT2D eigenvalue weighted by Crippen LogP contribution is -2.49. The first kappa shape index (κ1) is 110. The van der Waals surface area contributed by atoms with Crippen LogP contribution in [0.3, 0.4) is 0 Å². The first-order valence-corrected chi connectivity index (χ1v) is 45.8. The molecule has 5 fully saturated rings. The van der Waals surface area contributed by atoms with E-state index in [2.05, 4.69) is 74.3 Å². The van der Waals surface area contributed by atoms with Gasteiger partial charge >= 0.3 is 20.9 Å². The molecule has 5 amide bonds. The van der Waals surface area contributed by atoms with E-state index >= 15 is 0 Å². The van der Waals surface area contributed by atoms with Crippen LogP contribution >= 0.6 is 15.2 Å². The highest BCUT2D eigenvalue weighted by atomic mass is 31.2. The first-order chi connectivity index (χ1) is 60.0. The summed E-state index contributed by atoms with van der Waals surface area (Å²) < 4.78 is 110. The molecule has 0 aromatic carbocycles. The molecule has 724 valence electrons. The SMILES string of the molecule is C=C1NC(=O)C=CN1[C@@H]1O[C@@](COC(C)C)(N=[N+]=[N-])C(OC(C)C)[C@@H]1O.C=C1NC(=O)C=CN1[C@@H]1O[C@H](/C=C/P(=O)(O)OC(C)C)C(OC(C)C)[C@@H]1O.C=C1NC(=O)C=CN1[C@@H]1O[C@H](CCP(=O)(O)OC(C)C)C(OC(C)C)[C@@H]1O.C=C1NC(=O)C=CN1[C@@H]1O[C@](C)(COC(C)C)C(OC(C)C)[C@@H]1O.[C-]#[N+][C@]1(COC(C)C)O[C@@H](N2C=CC(=O)NC2=C)[C@@H](O)C1OC(C)C. The number of hydrogen-bond acceptors (Lipinski definition) is 33. The third kappa shape index (κ3) is 30.7. The minimum Gasteiger partial charge on any atom is -0.386 e. The second-order valence-electron chi connectivity index (χ2n) is 34.2. The smallest absolute Gasteiger partial charge is 0.386 e. The van der Waals surface area contributed by atoms with Gasteiger partial charge in [-0.25, -0.2) is 6.57 Å². The van der Waals surface area contributed by atoms with Crippen LogP contribution in [-0.2, 0) is 104 Å². The van der Waals surface area contributed by atoms with Gasteiger partial charge in [0, 0.05) is 72.1 Å². The second kappa shape index (κ2) is 48.0. The molecule has 0 aliphatic carbocycles. The van der Waals surface area contributed by atoms with E-state index in [-0.39, 0.29) is 140 Å². The van der Waals surface area contributed by atoms with Crippen molar-refractivity contribution in [2.24, 2.45) is 5.11 Å². The fourth-order valence-electron chi connectivity index (χ4n) is 14.2. The van der Waals surface area contributed by atoms with Gasteiger partial charge in [0.2, 0.25) is 5.72 Å². The third-order valence-electron chi connectivity index (χ3n) is 19.5. The topological polar surface area (TPSA) is 529 Å². The molecule has 0 saturated carbocycles. The number of ether oxygens (including phenoxy) is 13. The molecule has 12 N–H and O–H groups in total. The average molecular weight is 1870 g/mol. The van der Waals surface area contributed by atoms with E-state index in [4.69, 9.17) is 82.7 Å². The average Bonchev–Trinajstić information content (AvgIpc) is 1.60.